The molecular formula is C11H12ClN3O4. The van der Waals surface area contributed by atoms with Gasteiger partial charge in [0, 0.05) is 13.0 Å². The highest BCUT2D eigenvalue weighted by atomic mass is 35.5. The highest BCUT2D eigenvalue weighted by Crippen LogP contribution is 2.21. The molecule has 1 N–H and O–H groups in total. The van der Waals surface area contributed by atoms with Gasteiger partial charge >= 0.3 is 5.97 Å². The van der Waals surface area contributed by atoms with E-state index in [2.05, 4.69) is 14.7 Å². The lowest BCUT2D eigenvalue weighted by Crippen LogP contribution is -2.41. The number of amides is 1. The molecule has 8 heteroatoms. The molecule has 0 bridgehead atoms. The highest BCUT2D eigenvalue weighted by Gasteiger charge is 2.40. The fourth-order valence-corrected chi connectivity index (χ4v) is 2.14. The van der Waals surface area contributed by atoms with Crippen LogP contribution in [0.15, 0.2) is 12.4 Å². The fraction of sp³-hybridized carbons (Fsp3) is 0.455. The monoisotopic (exact) mass is 285 g/mol. The average molecular weight is 286 g/mol. The normalized spacial score (nSPS) is 22.4. The summed E-state index contributed by atoms with van der Waals surface area (Å²) in [5.41, 5.74) is 0.0236. The summed E-state index contributed by atoms with van der Waals surface area (Å²) in [5, 5.41) is 9.68. The Bertz CT molecular complexity index is 510. The molecule has 2 unspecified atom stereocenters. The number of hydrogen-bond donors (Lipinski definition) is 1. The number of likely N-dealkylation sites (tertiary alicyclic amines) is 1. The van der Waals surface area contributed by atoms with Crippen LogP contribution < -0.4 is 0 Å². The van der Waals surface area contributed by atoms with Crippen LogP contribution in [-0.2, 0) is 9.53 Å². The van der Waals surface area contributed by atoms with Crippen LogP contribution in [0.4, 0.5) is 0 Å². The third kappa shape index (κ3) is 2.82. The number of halogens is 1. The summed E-state index contributed by atoms with van der Waals surface area (Å²) in [5.74, 6) is -1.08. The first kappa shape index (κ1) is 13.7. The number of nitrogens with zero attached hydrogens (tertiary/aromatic N) is 3. The molecule has 1 amide bonds. The Labute approximate surface area is 114 Å². The number of esters is 1. The third-order valence-electron chi connectivity index (χ3n) is 2.84. The zero-order valence-corrected chi connectivity index (χ0v) is 10.9. The average Bonchev–Trinajstić information content (AvgIpc) is 2.79. The molecule has 1 aromatic rings. The van der Waals surface area contributed by atoms with Crippen LogP contribution in [0.1, 0.15) is 16.9 Å². The first-order chi connectivity index (χ1) is 9.02. The van der Waals surface area contributed by atoms with E-state index in [4.69, 9.17) is 11.6 Å². The lowest BCUT2D eigenvalue weighted by atomic mass is 10.2. The molecular weight excluding hydrogens is 274 g/mol. The second-order valence-electron chi connectivity index (χ2n) is 4.11. The maximum Gasteiger partial charge on any atom is 0.328 e. The first-order valence-corrected chi connectivity index (χ1v) is 5.95. The van der Waals surface area contributed by atoms with Crippen LogP contribution in [0.2, 0.25) is 5.15 Å². The van der Waals surface area contributed by atoms with Gasteiger partial charge in [0.25, 0.3) is 5.91 Å². The van der Waals surface area contributed by atoms with Gasteiger partial charge in [0.1, 0.15) is 16.9 Å². The number of ether oxygens (including phenoxy) is 1. The third-order valence-corrected chi connectivity index (χ3v) is 3.02. The minimum Gasteiger partial charge on any atom is -0.467 e. The van der Waals surface area contributed by atoms with Gasteiger partial charge in [-0.15, -0.1) is 0 Å². The van der Waals surface area contributed by atoms with Crippen molar-refractivity contribution in [3.05, 3.63) is 23.2 Å². The largest absolute Gasteiger partial charge is 0.467 e. The number of aliphatic hydroxyl groups is 1. The lowest BCUT2D eigenvalue weighted by molar-refractivity contribution is -0.145. The van der Waals surface area contributed by atoms with E-state index in [-0.39, 0.29) is 23.8 Å². The van der Waals surface area contributed by atoms with Crippen molar-refractivity contribution in [2.24, 2.45) is 0 Å². The Hall–Kier alpha value is -1.73. The van der Waals surface area contributed by atoms with Crippen molar-refractivity contribution in [2.45, 2.75) is 18.6 Å². The maximum atomic E-state index is 12.2. The fourth-order valence-electron chi connectivity index (χ4n) is 1.99. The molecule has 0 aliphatic carbocycles. The summed E-state index contributed by atoms with van der Waals surface area (Å²) in [4.78, 5) is 32.6. The number of β-amino-alcohol motifs (C(OH)–C–C–N with tert-alkyl or cyclic N) is 1. The molecule has 2 heterocycles. The molecule has 1 fully saturated rings. The maximum absolute atomic E-state index is 12.2. The number of rotatable bonds is 2. The molecule has 1 aliphatic heterocycles. The SMILES string of the molecule is COC(=O)C1CC(O)CN1C(=O)c1cncc(Cl)n1. The minimum atomic E-state index is -0.812. The first-order valence-electron chi connectivity index (χ1n) is 5.57. The quantitative estimate of drug-likeness (QED) is 0.762. The van der Waals surface area contributed by atoms with E-state index in [9.17, 15) is 14.7 Å². The van der Waals surface area contributed by atoms with Crippen molar-refractivity contribution < 1.29 is 19.4 Å². The van der Waals surface area contributed by atoms with E-state index in [0.717, 1.165) is 0 Å². The van der Waals surface area contributed by atoms with E-state index in [1.807, 2.05) is 0 Å². The predicted octanol–water partition coefficient (Wildman–Crippen LogP) is -0.122. The van der Waals surface area contributed by atoms with Gasteiger partial charge in [0.05, 0.1) is 25.6 Å². The van der Waals surface area contributed by atoms with Crippen LogP contribution in [-0.4, -0.2) is 57.7 Å². The summed E-state index contributed by atoms with van der Waals surface area (Å²) < 4.78 is 4.62. The molecule has 102 valence electrons. The number of aliphatic hydroxyl groups excluding tert-OH is 1. The Morgan fingerprint density at radius 1 is 1.53 bits per heavy atom. The number of aromatic nitrogens is 2. The topological polar surface area (TPSA) is 92.6 Å². The molecule has 0 spiro atoms. The van der Waals surface area contributed by atoms with E-state index < -0.39 is 24.0 Å². The van der Waals surface area contributed by atoms with Crippen molar-refractivity contribution in [3.8, 4) is 0 Å². The Balaban J connectivity index is 2.24. The molecule has 0 radical (unpaired) electrons. The van der Waals surface area contributed by atoms with Crippen molar-refractivity contribution >= 4 is 23.5 Å². The van der Waals surface area contributed by atoms with Crippen molar-refractivity contribution in [1.82, 2.24) is 14.9 Å². The van der Waals surface area contributed by atoms with Gasteiger partial charge in [-0.1, -0.05) is 11.6 Å². The molecule has 0 aromatic carbocycles. The Morgan fingerprint density at radius 2 is 2.26 bits per heavy atom. The number of hydrogen-bond acceptors (Lipinski definition) is 6. The van der Waals surface area contributed by atoms with Crippen molar-refractivity contribution in [1.29, 1.82) is 0 Å². The van der Waals surface area contributed by atoms with Gasteiger partial charge in [-0.2, -0.15) is 0 Å². The van der Waals surface area contributed by atoms with Gasteiger partial charge in [0.15, 0.2) is 0 Å². The molecule has 19 heavy (non-hydrogen) atoms. The number of carbonyl (C=O) groups excluding carboxylic acids is 2. The number of carbonyl (C=O) groups is 2. The van der Waals surface area contributed by atoms with Crippen LogP contribution in [0.25, 0.3) is 0 Å². The summed E-state index contributed by atoms with van der Waals surface area (Å²) in [7, 11) is 1.23. The van der Waals surface area contributed by atoms with E-state index in [1.54, 1.807) is 0 Å². The standard InChI is InChI=1S/C11H12ClN3O4/c1-19-11(18)8-2-6(16)5-15(8)10(17)7-3-13-4-9(12)14-7/h3-4,6,8,16H,2,5H2,1H3. The smallest absolute Gasteiger partial charge is 0.328 e. The second-order valence-corrected chi connectivity index (χ2v) is 4.50. The zero-order valence-electron chi connectivity index (χ0n) is 10.1. The summed E-state index contributed by atoms with van der Waals surface area (Å²) in [6.07, 6.45) is 1.94. The van der Waals surface area contributed by atoms with Gasteiger partial charge in [-0.25, -0.2) is 9.78 Å². The van der Waals surface area contributed by atoms with E-state index >= 15 is 0 Å². The van der Waals surface area contributed by atoms with Gasteiger partial charge in [0.2, 0.25) is 0 Å². The molecule has 1 aromatic heterocycles. The van der Waals surface area contributed by atoms with Crippen LogP contribution in [0, 0.1) is 0 Å². The summed E-state index contributed by atoms with van der Waals surface area (Å²) >= 11 is 5.67. The van der Waals surface area contributed by atoms with Crippen molar-refractivity contribution in [3.63, 3.8) is 0 Å². The van der Waals surface area contributed by atoms with Gasteiger partial charge < -0.3 is 14.7 Å². The highest BCUT2D eigenvalue weighted by molar-refractivity contribution is 6.29. The van der Waals surface area contributed by atoms with Crippen molar-refractivity contribution in [2.75, 3.05) is 13.7 Å². The van der Waals surface area contributed by atoms with Crippen LogP contribution >= 0.6 is 11.6 Å². The molecule has 1 aliphatic rings. The minimum absolute atomic E-state index is 0.0236. The molecule has 0 saturated carbocycles. The molecule has 7 nitrogen and oxygen atoms in total. The van der Waals surface area contributed by atoms with E-state index in [0.29, 0.717) is 0 Å². The summed E-state index contributed by atoms with van der Waals surface area (Å²) in [6, 6.07) is -0.812. The zero-order chi connectivity index (χ0) is 14.0. The number of methoxy groups -OCH3 is 1. The van der Waals surface area contributed by atoms with Crippen LogP contribution in [0.3, 0.4) is 0 Å². The molecule has 2 rings (SSSR count). The molecule has 2 atom stereocenters. The second kappa shape index (κ2) is 5.50. The van der Waals surface area contributed by atoms with Crippen LogP contribution in [0.5, 0.6) is 0 Å². The lowest BCUT2D eigenvalue weighted by Gasteiger charge is -2.21. The Kier molecular flexibility index (Phi) is 3.96. The predicted molar refractivity (Wildman–Crippen MR) is 64.5 cm³/mol. The van der Waals surface area contributed by atoms with E-state index in [1.165, 1.54) is 24.4 Å². The summed E-state index contributed by atoms with van der Waals surface area (Å²) in [6.45, 7) is 0.0484. The van der Waals surface area contributed by atoms with Gasteiger partial charge in [-0.05, 0) is 0 Å². The Morgan fingerprint density at radius 3 is 2.89 bits per heavy atom. The molecule has 1 saturated heterocycles. The van der Waals surface area contributed by atoms with Gasteiger partial charge in [-0.3, -0.25) is 9.78 Å².